The Morgan fingerprint density at radius 2 is 2.10 bits per heavy atom. The maximum absolute atomic E-state index is 14.5. The van der Waals surface area contributed by atoms with Gasteiger partial charge >= 0.3 is 0 Å². The van der Waals surface area contributed by atoms with Gasteiger partial charge in [0.2, 0.25) is 0 Å². The van der Waals surface area contributed by atoms with Gasteiger partial charge < -0.3 is 10.6 Å². The van der Waals surface area contributed by atoms with Gasteiger partial charge in [-0.05, 0) is 45.6 Å². The number of pyridine rings is 1. The first-order chi connectivity index (χ1) is 9.85. The van der Waals surface area contributed by atoms with E-state index in [4.69, 9.17) is 0 Å². The summed E-state index contributed by atoms with van der Waals surface area (Å²) in [7, 11) is 0. The van der Waals surface area contributed by atoms with Crippen molar-refractivity contribution in [1.29, 1.82) is 0 Å². The summed E-state index contributed by atoms with van der Waals surface area (Å²) in [6.07, 6.45) is 6.40. The maximum Gasteiger partial charge on any atom is 0.169 e. The molecule has 1 aliphatic carbocycles. The SMILES string of the molecule is CC1CCCC(Nc2nccc(CNC(C)(C)C)c2F)C1. The second-order valence-corrected chi connectivity index (χ2v) is 7.35. The van der Waals surface area contributed by atoms with Crippen LogP contribution in [0, 0.1) is 11.7 Å². The zero-order valence-corrected chi connectivity index (χ0v) is 13.7. The first kappa shape index (κ1) is 16.2. The lowest BCUT2D eigenvalue weighted by molar-refractivity contribution is 0.357. The second-order valence-electron chi connectivity index (χ2n) is 7.35. The van der Waals surface area contributed by atoms with E-state index in [1.54, 1.807) is 12.3 Å². The highest BCUT2D eigenvalue weighted by atomic mass is 19.1. The lowest BCUT2D eigenvalue weighted by Gasteiger charge is -2.28. The number of aromatic nitrogens is 1. The van der Waals surface area contributed by atoms with Crippen LogP contribution in [0.4, 0.5) is 10.2 Å². The normalized spacial score (nSPS) is 23.1. The fourth-order valence-electron chi connectivity index (χ4n) is 2.84. The van der Waals surface area contributed by atoms with Crippen LogP contribution in [0.1, 0.15) is 58.9 Å². The molecule has 3 nitrogen and oxygen atoms in total. The standard InChI is InChI=1S/C17H28FN3/c1-12-6-5-7-14(10-12)21-16-15(18)13(8-9-19-16)11-20-17(2,3)4/h8-9,12,14,20H,5-7,10-11H2,1-4H3,(H,19,21). The third-order valence-corrected chi connectivity index (χ3v) is 4.06. The van der Waals surface area contributed by atoms with Gasteiger partial charge in [-0.2, -0.15) is 0 Å². The Kier molecular flexibility index (Phi) is 5.20. The summed E-state index contributed by atoms with van der Waals surface area (Å²) in [5, 5.41) is 6.62. The molecule has 2 unspecified atom stereocenters. The van der Waals surface area contributed by atoms with Crippen LogP contribution in [0.15, 0.2) is 12.3 Å². The number of nitrogens with one attached hydrogen (secondary N) is 2. The van der Waals surface area contributed by atoms with Gasteiger partial charge in [0.25, 0.3) is 0 Å². The molecule has 1 aromatic heterocycles. The first-order valence-electron chi connectivity index (χ1n) is 8.00. The minimum absolute atomic E-state index is 0.0257. The van der Waals surface area contributed by atoms with E-state index in [2.05, 4.69) is 43.3 Å². The van der Waals surface area contributed by atoms with Crippen LogP contribution in [-0.4, -0.2) is 16.6 Å². The minimum atomic E-state index is -0.215. The third kappa shape index (κ3) is 4.95. The molecule has 0 bridgehead atoms. The zero-order valence-electron chi connectivity index (χ0n) is 13.7. The van der Waals surface area contributed by atoms with E-state index < -0.39 is 0 Å². The highest BCUT2D eigenvalue weighted by Gasteiger charge is 2.21. The first-order valence-corrected chi connectivity index (χ1v) is 8.00. The molecule has 21 heavy (non-hydrogen) atoms. The number of anilines is 1. The van der Waals surface area contributed by atoms with Crippen molar-refractivity contribution in [2.45, 2.75) is 71.5 Å². The van der Waals surface area contributed by atoms with Crippen molar-refractivity contribution in [3.05, 3.63) is 23.6 Å². The molecule has 118 valence electrons. The summed E-state index contributed by atoms with van der Waals surface area (Å²) < 4.78 is 14.5. The van der Waals surface area contributed by atoms with E-state index in [9.17, 15) is 4.39 Å². The van der Waals surface area contributed by atoms with Gasteiger partial charge in [0, 0.05) is 29.9 Å². The van der Waals surface area contributed by atoms with Gasteiger partial charge in [-0.3, -0.25) is 0 Å². The van der Waals surface area contributed by atoms with Gasteiger partial charge in [0.1, 0.15) is 0 Å². The van der Waals surface area contributed by atoms with Crippen molar-refractivity contribution in [3.8, 4) is 0 Å². The fourth-order valence-corrected chi connectivity index (χ4v) is 2.84. The monoisotopic (exact) mass is 293 g/mol. The fraction of sp³-hybridized carbons (Fsp3) is 0.706. The van der Waals surface area contributed by atoms with Crippen LogP contribution in [0.25, 0.3) is 0 Å². The quantitative estimate of drug-likeness (QED) is 0.877. The molecule has 2 N–H and O–H groups in total. The van der Waals surface area contributed by atoms with Gasteiger partial charge in [0.05, 0.1) is 0 Å². The van der Waals surface area contributed by atoms with Gasteiger partial charge in [-0.1, -0.05) is 19.8 Å². The number of halogens is 1. The molecule has 1 heterocycles. The number of hydrogen-bond donors (Lipinski definition) is 2. The number of nitrogens with zero attached hydrogens (tertiary/aromatic N) is 1. The Labute approximate surface area is 127 Å². The summed E-state index contributed by atoms with van der Waals surface area (Å²) in [4.78, 5) is 4.19. The molecule has 1 aromatic rings. The predicted molar refractivity (Wildman–Crippen MR) is 85.8 cm³/mol. The Hall–Kier alpha value is -1.16. The van der Waals surface area contributed by atoms with E-state index in [1.165, 1.54) is 12.8 Å². The average Bonchev–Trinajstić information content (AvgIpc) is 2.39. The smallest absolute Gasteiger partial charge is 0.169 e. The predicted octanol–water partition coefficient (Wildman–Crippen LogP) is 4.10. The average molecular weight is 293 g/mol. The number of hydrogen-bond acceptors (Lipinski definition) is 3. The Morgan fingerprint density at radius 1 is 1.33 bits per heavy atom. The summed E-state index contributed by atoms with van der Waals surface area (Å²) >= 11 is 0. The van der Waals surface area contributed by atoms with Crippen molar-refractivity contribution >= 4 is 5.82 Å². The molecular formula is C17H28FN3. The van der Waals surface area contributed by atoms with E-state index in [0.29, 0.717) is 29.9 Å². The molecule has 0 radical (unpaired) electrons. The molecule has 1 fully saturated rings. The van der Waals surface area contributed by atoms with E-state index in [-0.39, 0.29) is 11.4 Å². The third-order valence-electron chi connectivity index (χ3n) is 4.06. The van der Waals surface area contributed by atoms with Gasteiger partial charge in [-0.25, -0.2) is 9.37 Å². The molecule has 0 amide bonds. The summed E-state index contributed by atoms with van der Waals surface area (Å²) in [5.74, 6) is 0.903. The Bertz CT molecular complexity index is 468. The molecule has 2 atom stereocenters. The summed E-state index contributed by atoms with van der Waals surface area (Å²) in [5.41, 5.74) is 0.647. The zero-order chi connectivity index (χ0) is 15.5. The van der Waals surface area contributed by atoms with Crippen LogP contribution in [0.2, 0.25) is 0 Å². The Morgan fingerprint density at radius 3 is 2.76 bits per heavy atom. The second kappa shape index (κ2) is 6.73. The minimum Gasteiger partial charge on any atom is -0.365 e. The van der Waals surface area contributed by atoms with Crippen molar-refractivity contribution in [1.82, 2.24) is 10.3 Å². The molecule has 0 saturated heterocycles. The Balaban J connectivity index is 2.03. The van der Waals surface area contributed by atoms with Gasteiger partial charge in [0.15, 0.2) is 11.6 Å². The maximum atomic E-state index is 14.5. The van der Waals surface area contributed by atoms with Crippen LogP contribution >= 0.6 is 0 Å². The summed E-state index contributed by atoms with van der Waals surface area (Å²) in [6, 6.07) is 2.10. The van der Waals surface area contributed by atoms with Crippen LogP contribution in [0.5, 0.6) is 0 Å². The van der Waals surface area contributed by atoms with Crippen molar-refractivity contribution in [2.75, 3.05) is 5.32 Å². The highest BCUT2D eigenvalue weighted by Crippen LogP contribution is 2.27. The highest BCUT2D eigenvalue weighted by molar-refractivity contribution is 5.41. The topological polar surface area (TPSA) is 37.0 Å². The summed E-state index contributed by atoms with van der Waals surface area (Å²) in [6.45, 7) is 9.02. The van der Waals surface area contributed by atoms with E-state index in [1.807, 2.05) is 0 Å². The number of rotatable bonds is 4. The lowest BCUT2D eigenvalue weighted by atomic mass is 9.87. The molecule has 0 spiro atoms. The molecule has 1 aliphatic rings. The van der Waals surface area contributed by atoms with Crippen LogP contribution in [-0.2, 0) is 6.54 Å². The molecule has 4 heteroatoms. The van der Waals surface area contributed by atoms with Crippen molar-refractivity contribution < 1.29 is 4.39 Å². The molecular weight excluding hydrogens is 265 g/mol. The lowest BCUT2D eigenvalue weighted by Crippen LogP contribution is -2.35. The van der Waals surface area contributed by atoms with E-state index in [0.717, 1.165) is 12.8 Å². The van der Waals surface area contributed by atoms with Gasteiger partial charge in [-0.15, -0.1) is 0 Å². The van der Waals surface area contributed by atoms with Crippen molar-refractivity contribution in [2.24, 2.45) is 5.92 Å². The van der Waals surface area contributed by atoms with E-state index >= 15 is 0 Å². The molecule has 2 rings (SSSR count). The molecule has 1 saturated carbocycles. The largest absolute Gasteiger partial charge is 0.365 e. The molecule has 0 aromatic carbocycles. The van der Waals surface area contributed by atoms with Crippen LogP contribution in [0.3, 0.4) is 0 Å². The van der Waals surface area contributed by atoms with Crippen LogP contribution < -0.4 is 10.6 Å². The molecule has 0 aliphatic heterocycles. The van der Waals surface area contributed by atoms with Crippen molar-refractivity contribution in [3.63, 3.8) is 0 Å².